The molecule has 2 aromatic carbocycles. The zero-order valence-electron chi connectivity index (χ0n) is 19.4. The van der Waals surface area contributed by atoms with Gasteiger partial charge in [-0.15, -0.1) is 0 Å². The smallest absolute Gasteiger partial charge is 0.245 e. The summed E-state index contributed by atoms with van der Waals surface area (Å²) in [5.41, 5.74) is 1.73. The molecule has 0 radical (unpaired) electrons. The van der Waals surface area contributed by atoms with Crippen LogP contribution in [-0.2, 0) is 14.8 Å². The maximum atomic E-state index is 12.7. The first-order valence-corrected chi connectivity index (χ1v) is 12.4. The van der Waals surface area contributed by atoms with Crippen LogP contribution in [0.4, 0.5) is 11.4 Å². The molecule has 32 heavy (non-hydrogen) atoms. The highest BCUT2D eigenvalue weighted by atomic mass is 32.2. The number of sulfonamides is 1. The maximum Gasteiger partial charge on any atom is 0.245 e. The van der Waals surface area contributed by atoms with Gasteiger partial charge in [0.1, 0.15) is 13.2 Å². The van der Waals surface area contributed by atoms with Gasteiger partial charge in [0.2, 0.25) is 15.9 Å². The molecule has 0 aliphatic heterocycles. The van der Waals surface area contributed by atoms with Gasteiger partial charge in [-0.25, -0.2) is 8.42 Å². The van der Waals surface area contributed by atoms with E-state index in [0.29, 0.717) is 29.5 Å². The number of hydrogen-bond donors (Lipinski definition) is 1. The van der Waals surface area contributed by atoms with E-state index in [0.717, 1.165) is 35.8 Å². The molecule has 8 nitrogen and oxygen atoms in total. The van der Waals surface area contributed by atoms with Crippen LogP contribution in [0, 0.1) is 6.92 Å². The van der Waals surface area contributed by atoms with Crippen molar-refractivity contribution >= 4 is 27.3 Å². The predicted octanol–water partition coefficient (Wildman–Crippen LogP) is 3.13. The van der Waals surface area contributed by atoms with E-state index in [2.05, 4.69) is 24.1 Å². The minimum atomic E-state index is -3.65. The standard InChI is InChI=1S/C23H33N3O5S/c1-6-25(7-2)14-15-31-22-16-19(12-13-21(22)30-4)24-23(27)17-26(32(5,28)29)20-11-9-8-10-18(20)3/h8-13,16H,6-7,14-15,17H2,1-5H3,(H,24,27). The average Bonchev–Trinajstić information content (AvgIpc) is 2.75. The number of hydrogen-bond acceptors (Lipinski definition) is 6. The number of benzene rings is 2. The van der Waals surface area contributed by atoms with Crippen LogP contribution in [0.15, 0.2) is 42.5 Å². The first kappa shape index (κ1) is 25.5. The van der Waals surface area contributed by atoms with Crippen molar-refractivity contribution in [3.63, 3.8) is 0 Å². The number of nitrogens with one attached hydrogen (secondary N) is 1. The lowest BCUT2D eigenvalue weighted by Gasteiger charge is -2.23. The summed E-state index contributed by atoms with van der Waals surface area (Å²) < 4.78 is 37.0. The molecule has 0 atom stereocenters. The Kier molecular flexibility index (Phi) is 9.34. The van der Waals surface area contributed by atoms with Crippen LogP contribution in [-0.4, -0.2) is 65.4 Å². The summed E-state index contributed by atoms with van der Waals surface area (Å²) in [5, 5.41) is 2.76. The third kappa shape index (κ3) is 7.13. The summed E-state index contributed by atoms with van der Waals surface area (Å²) in [6, 6.07) is 12.1. The first-order valence-electron chi connectivity index (χ1n) is 10.6. The molecule has 0 bridgehead atoms. The van der Waals surface area contributed by atoms with Crippen LogP contribution in [0.1, 0.15) is 19.4 Å². The summed E-state index contributed by atoms with van der Waals surface area (Å²) >= 11 is 0. The van der Waals surface area contributed by atoms with Gasteiger partial charge in [0, 0.05) is 18.3 Å². The third-order valence-electron chi connectivity index (χ3n) is 5.08. The van der Waals surface area contributed by atoms with E-state index in [9.17, 15) is 13.2 Å². The van der Waals surface area contributed by atoms with E-state index in [1.165, 1.54) is 0 Å². The number of carbonyl (C=O) groups excluding carboxylic acids is 1. The second kappa shape index (κ2) is 11.7. The number of carbonyl (C=O) groups is 1. The fraction of sp³-hybridized carbons (Fsp3) is 0.435. The molecule has 0 aliphatic rings. The molecule has 9 heteroatoms. The molecular formula is C23H33N3O5S. The van der Waals surface area contributed by atoms with Crippen LogP contribution in [0.3, 0.4) is 0 Å². The average molecular weight is 464 g/mol. The first-order chi connectivity index (χ1) is 15.2. The van der Waals surface area contributed by atoms with Crippen LogP contribution in [0.2, 0.25) is 0 Å². The van der Waals surface area contributed by atoms with Crippen molar-refractivity contribution in [1.82, 2.24) is 4.90 Å². The number of likely N-dealkylation sites (N-methyl/N-ethyl adjacent to an activating group) is 1. The molecule has 176 valence electrons. The molecule has 0 aromatic heterocycles. The van der Waals surface area contributed by atoms with Crippen LogP contribution in [0.5, 0.6) is 11.5 Å². The van der Waals surface area contributed by atoms with Crippen molar-refractivity contribution in [2.24, 2.45) is 0 Å². The molecule has 2 rings (SSSR count). The number of anilines is 2. The molecule has 0 saturated heterocycles. The molecule has 2 aromatic rings. The van der Waals surface area contributed by atoms with Gasteiger partial charge >= 0.3 is 0 Å². The van der Waals surface area contributed by atoms with Gasteiger partial charge in [0.15, 0.2) is 11.5 Å². The summed E-state index contributed by atoms with van der Waals surface area (Å²) in [6.07, 6.45) is 1.09. The molecule has 1 N–H and O–H groups in total. The highest BCUT2D eigenvalue weighted by Gasteiger charge is 2.22. The van der Waals surface area contributed by atoms with Crippen molar-refractivity contribution in [3.05, 3.63) is 48.0 Å². The van der Waals surface area contributed by atoms with Gasteiger partial charge in [-0.05, 0) is 43.8 Å². The maximum absolute atomic E-state index is 12.7. The van der Waals surface area contributed by atoms with Gasteiger partial charge in [0.05, 0.1) is 19.1 Å². The van der Waals surface area contributed by atoms with Crippen LogP contribution < -0.4 is 19.1 Å². The van der Waals surface area contributed by atoms with E-state index >= 15 is 0 Å². The Labute approximate surface area is 191 Å². The number of ether oxygens (including phenoxy) is 2. The van der Waals surface area contributed by atoms with Gasteiger partial charge in [-0.3, -0.25) is 9.10 Å². The summed E-state index contributed by atoms with van der Waals surface area (Å²) in [7, 11) is -2.10. The Bertz CT molecular complexity index is 1010. The molecular weight excluding hydrogens is 430 g/mol. The Morgan fingerprint density at radius 1 is 1.06 bits per heavy atom. The van der Waals surface area contributed by atoms with Crippen molar-refractivity contribution in [1.29, 1.82) is 0 Å². The van der Waals surface area contributed by atoms with Crippen LogP contribution in [0.25, 0.3) is 0 Å². The monoisotopic (exact) mass is 463 g/mol. The third-order valence-corrected chi connectivity index (χ3v) is 6.21. The highest BCUT2D eigenvalue weighted by Crippen LogP contribution is 2.30. The highest BCUT2D eigenvalue weighted by molar-refractivity contribution is 7.92. The zero-order valence-corrected chi connectivity index (χ0v) is 20.2. The second-order valence-electron chi connectivity index (χ2n) is 7.35. The Morgan fingerprint density at radius 2 is 1.75 bits per heavy atom. The van der Waals surface area contributed by atoms with Gasteiger partial charge < -0.3 is 19.7 Å². The van der Waals surface area contributed by atoms with Crippen molar-refractivity contribution in [3.8, 4) is 11.5 Å². The molecule has 0 fully saturated rings. The molecule has 0 spiro atoms. The van der Waals surface area contributed by atoms with Gasteiger partial charge in [-0.1, -0.05) is 32.0 Å². The molecule has 0 unspecified atom stereocenters. The molecule has 0 saturated carbocycles. The van der Waals surface area contributed by atoms with E-state index in [-0.39, 0.29) is 6.54 Å². The topological polar surface area (TPSA) is 88.2 Å². The summed E-state index contributed by atoms with van der Waals surface area (Å²) in [4.78, 5) is 14.9. The van der Waals surface area contributed by atoms with E-state index in [1.54, 1.807) is 50.4 Å². The number of rotatable bonds is 12. The normalized spacial score (nSPS) is 11.3. The molecule has 1 amide bonds. The van der Waals surface area contributed by atoms with E-state index in [4.69, 9.17) is 9.47 Å². The van der Waals surface area contributed by atoms with E-state index in [1.807, 2.05) is 6.07 Å². The van der Waals surface area contributed by atoms with Gasteiger partial charge in [0.25, 0.3) is 0 Å². The largest absolute Gasteiger partial charge is 0.493 e. The fourth-order valence-corrected chi connectivity index (χ4v) is 4.16. The summed E-state index contributed by atoms with van der Waals surface area (Å²) in [5.74, 6) is 0.606. The van der Waals surface area contributed by atoms with Crippen molar-refractivity contribution in [2.75, 3.05) is 55.8 Å². The molecule has 0 aliphatic carbocycles. The summed E-state index contributed by atoms with van der Waals surface area (Å²) in [6.45, 7) is 8.77. The number of para-hydroxylation sites is 1. The number of amides is 1. The van der Waals surface area contributed by atoms with Crippen molar-refractivity contribution in [2.45, 2.75) is 20.8 Å². The molecule has 0 heterocycles. The lowest BCUT2D eigenvalue weighted by atomic mass is 10.2. The lowest BCUT2D eigenvalue weighted by Crippen LogP contribution is -2.37. The number of methoxy groups -OCH3 is 1. The fourth-order valence-electron chi connectivity index (χ4n) is 3.25. The van der Waals surface area contributed by atoms with Crippen molar-refractivity contribution < 1.29 is 22.7 Å². The van der Waals surface area contributed by atoms with Gasteiger partial charge in [-0.2, -0.15) is 0 Å². The quantitative estimate of drug-likeness (QED) is 0.520. The number of nitrogens with zero attached hydrogens (tertiary/aromatic N) is 2. The number of aryl methyl sites for hydroxylation is 1. The lowest BCUT2D eigenvalue weighted by molar-refractivity contribution is -0.114. The minimum Gasteiger partial charge on any atom is -0.493 e. The Hall–Kier alpha value is -2.78. The SMILES string of the molecule is CCN(CC)CCOc1cc(NC(=O)CN(c2ccccc2C)S(C)(=O)=O)ccc1OC. The second-order valence-corrected chi connectivity index (χ2v) is 9.25. The Balaban J connectivity index is 2.13. The Morgan fingerprint density at radius 3 is 2.34 bits per heavy atom. The minimum absolute atomic E-state index is 0.339. The van der Waals surface area contributed by atoms with E-state index < -0.39 is 15.9 Å². The predicted molar refractivity (Wildman–Crippen MR) is 128 cm³/mol. The zero-order chi connectivity index (χ0) is 23.7. The van der Waals surface area contributed by atoms with Crippen LogP contribution >= 0.6 is 0 Å².